The first kappa shape index (κ1) is 14.9. The summed E-state index contributed by atoms with van der Waals surface area (Å²) < 4.78 is 0. The first-order chi connectivity index (χ1) is 9.69. The molecule has 0 atom stereocenters. The Morgan fingerprint density at radius 2 is 1.95 bits per heavy atom. The number of hydrogen-bond acceptors (Lipinski definition) is 5. The van der Waals surface area contributed by atoms with Crippen LogP contribution in [-0.4, -0.2) is 47.2 Å². The predicted octanol–water partition coefficient (Wildman–Crippen LogP) is 2.24. The zero-order valence-electron chi connectivity index (χ0n) is 11.6. The highest BCUT2D eigenvalue weighted by Crippen LogP contribution is 2.19. The van der Waals surface area contributed by atoms with E-state index in [4.69, 9.17) is 0 Å². The third-order valence-corrected chi connectivity index (χ3v) is 4.14. The lowest BCUT2D eigenvalue weighted by Crippen LogP contribution is -2.45. The zero-order valence-corrected chi connectivity index (χ0v) is 12.4. The summed E-state index contributed by atoms with van der Waals surface area (Å²) in [6.07, 6.45) is 2.99. The van der Waals surface area contributed by atoms with E-state index in [1.807, 2.05) is 12.3 Å². The average molecular weight is 293 g/mol. The second-order valence-electron chi connectivity index (χ2n) is 4.71. The van der Waals surface area contributed by atoms with Crippen molar-refractivity contribution in [3.8, 4) is 0 Å². The number of rotatable bonds is 5. The highest BCUT2D eigenvalue weighted by Gasteiger charge is 2.20. The Morgan fingerprint density at radius 3 is 2.50 bits per heavy atom. The van der Waals surface area contributed by atoms with Crippen LogP contribution in [0.5, 0.6) is 0 Å². The van der Waals surface area contributed by atoms with Crippen LogP contribution >= 0.6 is 11.8 Å². The van der Waals surface area contributed by atoms with Gasteiger partial charge in [0.15, 0.2) is 0 Å². The van der Waals surface area contributed by atoms with Crippen molar-refractivity contribution in [1.82, 2.24) is 9.80 Å². The third kappa shape index (κ3) is 4.25. The lowest BCUT2D eigenvalue weighted by Gasteiger charge is -2.35. The van der Waals surface area contributed by atoms with Crippen LogP contribution in [0.4, 0.5) is 0 Å². The molecule has 108 valence electrons. The largest absolute Gasteiger partial charge is 0.359 e. The topological polar surface area (TPSA) is 49.6 Å². The van der Waals surface area contributed by atoms with Gasteiger partial charge in [0.25, 0.3) is 6.20 Å². The Morgan fingerprint density at radius 1 is 1.30 bits per heavy atom. The standard InChI is InChI=1S/C14H19N3O2S/c1-20-14(12-17(18)19)16-9-7-15(8-10-16)11-13-5-3-2-4-6-13/h2-6,12H,7-11H2,1H3/b14-12-. The number of nitro groups is 1. The number of nitrogens with zero attached hydrogens (tertiary/aromatic N) is 3. The minimum absolute atomic E-state index is 0.373. The molecule has 0 amide bonds. The fraction of sp³-hybridized carbons (Fsp3) is 0.429. The van der Waals surface area contributed by atoms with Gasteiger partial charge < -0.3 is 4.90 Å². The van der Waals surface area contributed by atoms with Gasteiger partial charge >= 0.3 is 0 Å². The van der Waals surface area contributed by atoms with E-state index < -0.39 is 0 Å². The summed E-state index contributed by atoms with van der Waals surface area (Å²) in [6, 6.07) is 10.4. The maximum Gasteiger partial charge on any atom is 0.264 e. The Balaban J connectivity index is 1.87. The van der Waals surface area contributed by atoms with Crippen LogP contribution in [0.3, 0.4) is 0 Å². The molecule has 0 aromatic heterocycles. The van der Waals surface area contributed by atoms with Gasteiger partial charge in [0.2, 0.25) is 0 Å². The van der Waals surface area contributed by atoms with E-state index in [0.717, 1.165) is 44.0 Å². The Bertz CT molecular complexity index is 471. The molecule has 0 N–H and O–H groups in total. The van der Waals surface area contributed by atoms with Gasteiger partial charge in [-0.3, -0.25) is 15.0 Å². The summed E-state index contributed by atoms with van der Waals surface area (Å²) in [6.45, 7) is 4.50. The minimum atomic E-state index is -0.373. The number of benzene rings is 1. The molecule has 0 unspecified atom stereocenters. The molecule has 1 aromatic rings. The van der Waals surface area contributed by atoms with Crippen molar-refractivity contribution in [3.63, 3.8) is 0 Å². The van der Waals surface area contributed by atoms with Crippen molar-refractivity contribution in [1.29, 1.82) is 0 Å². The van der Waals surface area contributed by atoms with Crippen LogP contribution in [0, 0.1) is 10.1 Å². The van der Waals surface area contributed by atoms with Gasteiger partial charge in [-0.25, -0.2) is 0 Å². The van der Waals surface area contributed by atoms with E-state index in [2.05, 4.69) is 34.1 Å². The number of piperazine rings is 1. The van der Waals surface area contributed by atoms with Gasteiger partial charge in [-0.2, -0.15) is 0 Å². The summed E-state index contributed by atoms with van der Waals surface area (Å²) in [5.41, 5.74) is 1.31. The van der Waals surface area contributed by atoms with Gasteiger partial charge in [0.05, 0.1) is 4.92 Å². The molecule has 6 heteroatoms. The molecule has 0 spiro atoms. The van der Waals surface area contributed by atoms with Crippen molar-refractivity contribution < 1.29 is 4.92 Å². The molecular formula is C14H19N3O2S. The number of hydrogen-bond donors (Lipinski definition) is 0. The molecular weight excluding hydrogens is 274 g/mol. The Kier molecular flexibility index (Phi) is 5.43. The van der Waals surface area contributed by atoms with Gasteiger partial charge in [0.1, 0.15) is 5.03 Å². The first-order valence-corrected chi connectivity index (χ1v) is 7.82. The van der Waals surface area contributed by atoms with E-state index in [1.165, 1.54) is 17.3 Å². The normalized spacial score (nSPS) is 17.2. The first-order valence-electron chi connectivity index (χ1n) is 6.59. The molecule has 1 heterocycles. The van der Waals surface area contributed by atoms with Gasteiger partial charge in [-0.15, -0.1) is 11.8 Å². The summed E-state index contributed by atoms with van der Waals surface area (Å²) in [5, 5.41) is 11.3. The quantitative estimate of drug-likeness (QED) is 0.615. The van der Waals surface area contributed by atoms with Crippen LogP contribution in [0.15, 0.2) is 41.6 Å². The second kappa shape index (κ2) is 7.31. The monoisotopic (exact) mass is 293 g/mol. The van der Waals surface area contributed by atoms with Gasteiger partial charge in [0, 0.05) is 32.7 Å². The summed E-state index contributed by atoms with van der Waals surface area (Å²) in [7, 11) is 0. The highest BCUT2D eigenvalue weighted by atomic mass is 32.2. The lowest BCUT2D eigenvalue weighted by molar-refractivity contribution is -0.403. The smallest absolute Gasteiger partial charge is 0.264 e. The number of thioether (sulfide) groups is 1. The van der Waals surface area contributed by atoms with E-state index in [9.17, 15) is 10.1 Å². The van der Waals surface area contributed by atoms with Crippen molar-refractivity contribution in [2.75, 3.05) is 32.4 Å². The zero-order chi connectivity index (χ0) is 14.4. The van der Waals surface area contributed by atoms with Crippen molar-refractivity contribution in [3.05, 3.63) is 57.2 Å². The van der Waals surface area contributed by atoms with Gasteiger partial charge in [-0.1, -0.05) is 30.3 Å². The van der Waals surface area contributed by atoms with E-state index >= 15 is 0 Å². The third-order valence-electron chi connectivity index (χ3n) is 3.36. The van der Waals surface area contributed by atoms with Crippen LogP contribution in [0.25, 0.3) is 0 Å². The molecule has 0 aliphatic carbocycles. The molecule has 2 rings (SSSR count). The molecule has 0 radical (unpaired) electrons. The molecule has 0 saturated carbocycles. The second-order valence-corrected chi connectivity index (χ2v) is 5.53. The highest BCUT2D eigenvalue weighted by molar-refractivity contribution is 8.02. The molecule has 1 saturated heterocycles. The SMILES string of the molecule is CS/C(=C\[N+](=O)[O-])N1CCN(Cc2ccccc2)CC1. The summed E-state index contributed by atoms with van der Waals surface area (Å²) in [5.74, 6) is 0. The fourth-order valence-corrected chi connectivity index (χ4v) is 2.95. The molecule has 1 aliphatic heterocycles. The average Bonchev–Trinajstić information content (AvgIpc) is 2.46. The maximum absolute atomic E-state index is 10.6. The fourth-order valence-electron chi connectivity index (χ4n) is 2.32. The molecule has 0 bridgehead atoms. The molecule has 1 aliphatic rings. The summed E-state index contributed by atoms with van der Waals surface area (Å²) >= 11 is 1.44. The van der Waals surface area contributed by atoms with E-state index in [-0.39, 0.29) is 4.92 Å². The van der Waals surface area contributed by atoms with Crippen LogP contribution < -0.4 is 0 Å². The van der Waals surface area contributed by atoms with Crippen LogP contribution in [0.2, 0.25) is 0 Å². The lowest BCUT2D eigenvalue weighted by atomic mass is 10.2. The maximum atomic E-state index is 10.6. The molecule has 1 aromatic carbocycles. The van der Waals surface area contributed by atoms with Crippen molar-refractivity contribution in [2.24, 2.45) is 0 Å². The molecule has 5 nitrogen and oxygen atoms in total. The molecule has 1 fully saturated rings. The predicted molar refractivity (Wildman–Crippen MR) is 81.9 cm³/mol. The van der Waals surface area contributed by atoms with E-state index in [1.54, 1.807) is 0 Å². The summed E-state index contributed by atoms with van der Waals surface area (Å²) in [4.78, 5) is 14.7. The van der Waals surface area contributed by atoms with Crippen LogP contribution in [0.1, 0.15) is 5.56 Å². The van der Waals surface area contributed by atoms with Crippen molar-refractivity contribution >= 4 is 11.8 Å². The van der Waals surface area contributed by atoms with Crippen LogP contribution in [-0.2, 0) is 6.54 Å². The van der Waals surface area contributed by atoms with Gasteiger partial charge in [-0.05, 0) is 11.8 Å². The minimum Gasteiger partial charge on any atom is -0.359 e. The Labute approximate surface area is 123 Å². The van der Waals surface area contributed by atoms with E-state index in [0.29, 0.717) is 0 Å². The molecule has 20 heavy (non-hydrogen) atoms. The Hall–Kier alpha value is -1.53. The van der Waals surface area contributed by atoms with Crippen molar-refractivity contribution in [2.45, 2.75) is 6.54 Å².